The van der Waals surface area contributed by atoms with Crippen molar-refractivity contribution >= 4 is 17.7 Å². The molecule has 0 spiro atoms. The first-order valence-electron chi connectivity index (χ1n) is 8.81. The summed E-state index contributed by atoms with van der Waals surface area (Å²) in [6.45, 7) is 4.50. The molecule has 2 aromatic rings. The Morgan fingerprint density at radius 1 is 1.26 bits per heavy atom. The van der Waals surface area contributed by atoms with E-state index in [1.54, 1.807) is 6.07 Å². The van der Waals surface area contributed by atoms with E-state index in [1.165, 1.54) is 29.7 Å². The minimum atomic E-state index is -0.791. The van der Waals surface area contributed by atoms with E-state index in [0.717, 1.165) is 17.7 Å². The minimum Gasteiger partial charge on any atom is -0.507 e. The number of hydrogen-bond donors (Lipinski definition) is 2. The third-order valence-electron chi connectivity index (χ3n) is 4.88. The molecule has 6 heteroatoms. The molecule has 2 aromatic carbocycles. The smallest absolute Gasteiger partial charge is 0.341 e. The van der Waals surface area contributed by atoms with Gasteiger partial charge >= 0.3 is 5.97 Å². The van der Waals surface area contributed by atoms with Crippen molar-refractivity contribution < 1.29 is 24.5 Å². The number of carbonyl (C=O) groups is 1. The van der Waals surface area contributed by atoms with Gasteiger partial charge in [0.2, 0.25) is 0 Å². The fourth-order valence-corrected chi connectivity index (χ4v) is 4.60. The van der Waals surface area contributed by atoms with Crippen LogP contribution in [0.4, 0.5) is 0 Å². The van der Waals surface area contributed by atoms with Crippen LogP contribution in [0, 0.1) is 0 Å². The third-order valence-corrected chi connectivity index (χ3v) is 5.96. The number of fused-ring (bicyclic) bond motifs is 1. The van der Waals surface area contributed by atoms with E-state index < -0.39 is 12.1 Å². The Morgan fingerprint density at radius 2 is 2.04 bits per heavy atom. The molecule has 0 saturated heterocycles. The summed E-state index contributed by atoms with van der Waals surface area (Å²) >= 11 is 1.85. The first-order chi connectivity index (χ1) is 12.8. The van der Waals surface area contributed by atoms with Gasteiger partial charge in [-0.15, -0.1) is 11.8 Å². The number of carbonyl (C=O) groups excluding carboxylic acids is 1. The van der Waals surface area contributed by atoms with Crippen LogP contribution < -0.4 is 4.74 Å². The minimum absolute atomic E-state index is 0.0450. The first kappa shape index (κ1) is 19.6. The van der Waals surface area contributed by atoms with E-state index in [0.29, 0.717) is 5.75 Å². The number of esters is 1. The van der Waals surface area contributed by atoms with Gasteiger partial charge < -0.3 is 19.7 Å². The number of aliphatic hydroxyl groups excluding tert-OH is 1. The van der Waals surface area contributed by atoms with Crippen molar-refractivity contribution in [3.05, 3.63) is 53.1 Å². The lowest BCUT2D eigenvalue weighted by molar-refractivity contribution is 0.0597. The van der Waals surface area contributed by atoms with Crippen molar-refractivity contribution in [3.8, 4) is 11.5 Å². The number of thioether (sulfide) groups is 1. The molecule has 0 bridgehead atoms. The fourth-order valence-electron chi connectivity index (χ4n) is 3.12. The summed E-state index contributed by atoms with van der Waals surface area (Å²) in [5, 5.41) is 20.5. The Balaban J connectivity index is 1.70. The van der Waals surface area contributed by atoms with Crippen LogP contribution in [0.5, 0.6) is 11.5 Å². The Morgan fingerprint density at radius 3 is 2.74 bits per heavy atom. The van der Waals surface area contributed by atoms with Gasteiger partial charge in [-0.1, -0.05) is 26.0 Å². The van der Waals surface area contributed by atoms with Gasteiger partial charge in [-0.25, -0.2) is 4.79 Å². The predicted octanol–water partition coefficient (Wildman–Crippen LogP) is 4.06. The molecular formula is C21H24O5S. The summed E-state index contributed by atoms with van der Waals surface area (Å²) in [6.07, 6.45) is 0.312. The second-order valence-corrected chi connectivity index (χ2v) is 8.37. The van der Waals surface area contributed by atoms with E-state index in [2.05, 4.69) is 30.7 Å². The predicted molar refractivity (Wildman–Crippen MR) is 105 cm³/mol. The summed E-state index contributed by atoms with van der Waals surface area (Å²) in [6, 6.07) is 10.4. The van der Waals surface area contributed by atoms with Crippen molar-refractivity contribution in [2.75, 3.05) is 19.5 Å². The first-order valence-corrected chi connectivity index (χ1v) is 9.80. The average molecular weight is 388 g/mol. The van der Waals surface area contributed by atoms with Gasteiger partial charge in [0.05, 0.1) is 7.11 Å². The summed E-state index contributed by atoms with van der Waals surface area (Å²) in [5.74, 6) is 0.638. The van der Waals surface area contributed by atoms with Crippen LogP contribution >= 0.6 is 11.8 Å². The number of aliphatic hydroxyl groups is 1. The quantitative estimate of drug-likeness (QED) is 0.752. The summed E-state index contributed by atoms with van der Waals surface area (Å²) in [4.78, 5) is 12.8. The van der Waals surface area contributed by atoms with Gasteiger partial charge in [-0.2, -0.15) is 0 Å². The molecule has 5 nitrogen and oxygen atoms in total. The van der Waals surface area contributed by atoms with Gasteiger partial charge in [-0.05, 0) is 46.9 Å². The van der Waals surface area contributed by atoms with Crippen LogP contribution in [0.15, 0.2) is 41.3 Å². The summed E-state index contributed by atoms with van der Waals surface area (Å²) < 4.78 is 10.2. The van der Waals surface area contributed by atoms with Gasteiger partial charge in [0.1, 0.15) is 29.8 Å². The topological polar surface area (TPSA) is 76.0 Å². The second-order valence-electron chi connectivity index (χ2n) is 7.24. The third kappa shape index (κ3) is 4.22. The van der Waals surface area contributed by atoms with Crippen molar-refractivity contribution in [1.29, 1.82) is 0 Å². The number of phenolic OH excluding ortho intramolecular Hbond substituents is 1. The molecule has 1 heterocycles. The van der Waals surface area contributed by atoms with Crippen molar-refractivity contribution in [2.45, 2.75) is 36.7 Å². The number of benzene rings is 2. The van der Waals surface area contributed by atoms with E-state index in [4.69, 9.17) is 4.74 Å². The Hall–Kier alpha value is -2.18. The van der Waals surface area contributed by atoms with Crippen molar-refractivity contribution in [3.63, 3.8) is 0 Å². The number of methoxy groups -OCH3 is 1. The van der Waals surface area contributed by atoms with Gasteiger partial charge in [0, 0.05) is 11.0 Å². The molecule has 3 rings (SSSR count). The Kier molecular flexibility index (Phi) is 5.67. The number of phenols is 1. The highest BCUT2D eigenvalue weighted by atomic mass is 32.2. The Bertz CT molecular complexity index is 846. The fraction of sp³-hybridized carbons (Fsp3) is 0.381. The molecular weight excluding hydrogens is 364 g/mol. The van der Waals surface area contributed by atoms with Crippen LogP contribution in [0.1, 0.15) is 47.9 Å². The zero-order valence-corrected chi connectivity index (χ0v) is 16.5. The van der Waals surface area contributed by atoms with Gasteiger partial charge in [0.15, 0.2) is 0 Å². The lowest BCUT2D eigenvalue weighted by Crippen LogP contribution is -2.23. The highest BCUT2D eigenvalue weighted by Gasteiger charge is 2.28. The van der Waals surface area contributed by atoms with E-state index in [-0.39, 0.29) is 23.3 Å². The molecule has 0 radical (unpaired) electrons. The Labute approximate surface area is 163 Å². The molecule has 0 aliphatic carbocycles. The maximum absolute atomic E-state index is 11.5. The van der Waals surface area contributed by atoms with Crippen LogP contribution in [0.25, 0.3) is 0 Å². The molecule has 1 aliphatic rings. The highest BCUT2D eigenvalue weighted by Crippen LogP contribution is 2.42. The van der Waals surface area contributed by atoms with Crippen LogP contribution in [0.2, 0.25) is 0 Å². The molecule has 0 fully saturated rings. The summed E-state index contributed by atoms with van der Waals surface area (Å²) in [7, 11) is 1.25. The molecule has 27 heavy (non-hydrogen) atoms. The number of ether oxygens (including phenoxy) is 2. The molecule has 1 aliphatic heterocycles. The largest absolute Gasteiger partial charge is 0.507 e. The normalized spacial score (nSPS) is 16.3. The molecule has 1 atom stereocenters. The molecule has 0 saturated carbocycles. The number of hydrogen-bond acceptors (Lipinski definition) is 6. The molecule has 1 unspecified atom stereocenters. The lowest BCUT2D eigenvalue weighted by Gasteiger charge is -2.32. The maximum Gasteiger partial charge on any atom is 0.341 e. The average Bonchev–Trinajstić information content (AvgIpc) is 2.65. The molecule has 0 amide bonds. The number of aromatic hydroxyl groups is 1. The number of rotatable bonds is 5. The zero-order chi connectivity index (χ0) is 19.6. The SMILES string of the molecule is COC(=O)c1ccc(OCC(O)c2ccc3c(c2)C(C)(C)CCS3)cc1O. The van der Waals surface area contributed by atoms with Crippen molar-refractivity contribution in [1.82, 2.24) is 0 Å². The maximum atomic E-state index is 11.5. The highest BCUT2D eigenvalue weighted by molar-refractivity contribution is 7.99. The molecule has 144 valence electrons. The monoisotopic (exact) mass is 388 g/mol. The van der Waals surface area contributed by atoms with Crippen LogP contribution in [-0.2, 0) is 10.2 Å². The van der Waals surface area contributed by atoms with Crippen LogP contribution in [-0.4, -0.2) is 35.7 Å². The second kappa shape index (κ2) is 7.82. The van der Waals surface area contributed by atoms with Gasteiger partial charge in [-0.3, -0.25) is 0 Å². The van der Waals surface area contributed by atoms with E-state index >= 15 is 0 Å². The lowest BCUT2D eigenvalue weighted by atomic mass is 9.81. The van der Waals surface area contributed by atoms with E-state index in [1.807, 2.05) is 17.8 Å². The van der Waals surface area contributed by atoms with Crippen LogP contribution in [0.3, 0.4) is 0 Å². The zero-order valence-electron chi connectivity index (χ0n) is 15.7. The van der Waals surface area contributed by atoms with Crippen molar-refractivity contribution in [2.24, 2.45) is 0 Å². The van der Waals surface area contributed by atoms with Gasteiger partial charge in [0.25, 0.3) is 0 Å². The molecule has 2 N–H and O–H groups in total. The summed E-state index contributed by atoms with van der Waals surface area (Å²) in [5.41, 5.74) is 2.22. The standard InChI is InChI=1S/C21H24O5S/c1-21(2)8-9-27-19-7-4-13(10-16(19)21)18(23)12-26-14-5-6-15(17(22)11-14)20(24)25-3/h4-7,10-11,18,22-23H,8-9,12H2,1-3H3. The van der Waals surface area contributed by atoms with E-state index in [9.17, 15) is 15.0 Å². The molecule has 0 aromatic heterocycles.